The Bertz CT molecular complexity index is 159. The van der Waals surface area contributed by atoms with Crippen molar-refractivity contribution in [3.8, 4) is 0 Å². The molecule has 0 saturated heterocycles. The molecule has 0 bridgehead atoms. The van der Waals surface area contributed by atoms with Crippen molar-refractivity contribution in [1.82, 2.24) is 4.72 Å². The van der Waals surface area contributed by atoms with E-state index in [4.69, 9.17) is 5.73 Å². The van der Waals surface area contributed by atoms with Crippen molar-refractivity contribution in [1.29, 1.82) is 0 Å². The number of hydrogen-bond donors (Lipinski definition) is 2. The minimum atomic E-state index is -0.445. The zero-order chi connectivity index (χ0) is 11.4. The average molecular weight is 268 g/mol. The molecule has 3 N–H and O–H groups in total. The van der Waals surface area contributed by atoms with Crippen molar-refractivity contribution in [3.63, 3.8) is 0 Å². The summed E-state index contributed by atoms with van der Waals surface area (Å²) in [5, 5.41) is 0. The second-order valence-electron chi connectivity index (χ2n) is 3.79. The van der Waals surface area contributed by atoms with E-state index in [-0.39, 0.29) is 12.4 Å². The molecule has 0 fully saturated rings. The van der Waals surface area contributed by atoms with Gasteiger partial charge in [0.15, 0.2) is 0 Å². The molecule has 0 aliphatic heterocycles. The van der Waals surface area contributed by atoms with Crippen LogP contribution in [-0.2, 0) is 0 Å². The highest BCUT2D eigenvalue weighted by atomic mass is 35.5. The Balaban J connectivity index is 0. The van der Waals surface area contributed by atoms with Crippen molar-refractivity contribution in [2.45, 2.75) is 58.3 Å². The molecular formula is C11H24ClN2OS-. The molecule has 98 valence electrons. The van der Waals surface area contributed by atoms with Crippen molar-refractivity contribution in [2.75, 3.05) is 5.75 Å². The zero-order valence-corrected chi connectivity index (χ0v) is 11.7. The molecular weight excluding hydrogens is 244 g/mol. The van der Waals surface area contributed by atoms with E-state index < -0.39 is 6.03 Å². The van der Waals surface area contributed by atoms with Gasteiger partial charge in [-0.1, -0.05) is 51.9 Å². The Labute approximate surface area is 110 Å². The maximum Gasteiger partial charge on any atom is 0.322 e. The molecule has 16 heavy (non-hydrogen) atoms. The number of urea groups is 1. The molecule has 0 aromatic carbocycles. The molecule has 2 amide bonds. The fourth-order valence-corrected chi connectivity index (χ4v) is 2.02. The zero-order valence-electron chi connectivity index (χ0n) is 10.1. The number of nitrogens with two attached hydrogens (primary N) is 1. The highest BCUT2D eigenvalue weighted by Crippen LogP contribution is 2.09. The number of rotatable bonds is 10. The Kier molecular flexibility index (Phi) is 17.0. The van der Waals surface area contributed by atoms with Gasteiger partial charge in [-0.25, -0.2) is 4.79 Å². The maximum absolute atomic E-state index is 10.3. The van der Waals surface area contributed by atoms with Gasteiger partial charge < -0.3 is 18.1 Å². The fourth-order valence-electron chi connectivity index (χ4n) is 1.43. The van der Waals surface area contributed by atoms with Crippen LogP contribution in [0.1, 0.15) is 58.3 Å². The Morgan fingerprint density at radius 3 is 2.06 bits per heavy atom. The third kappa shape index (κ3) is 16.3. The summed E-state index contributed by atoms with van der Waals surface area (Å²) in [6.45, 7) is 2.24. The second-order valence-corrected chi connectivity index (χ2v) is 4.69. The van der Waals surface area contributed by atoms with Crippen LogP contribution in [-0.4, -0.2) is 11.8 Å². The van der Waals surface area contributed by atoms with E-state index in [2.05, 4.69) is 11.6 Å². The van der Waals surface area contributed by atoms with Crippen LogP contribution in [0, 0.1) is 0 Å². The van der Waals surface area contributed by atoms with E-state index in [1.165, 1.54) is 63.3 Å². The van der Waals surface area contributed by atoms with E-state index >= 15 is 0 Å². The third-order valence-electron chi connectivity index (χ3n) is 2.27. The van der Waals surface area contributed by atoms with E-state index in [0.717, 1.165) is 5.75 Å². The summed E-state index contributed by atoms with van der Waals surface area (Å²) < 4.78 is 2.52. The summed E-state index contributed by atoms with van der Waals surface area (Å²) in [5.74, 6) is 0.970. The van der Waals surface area contributed by atoms with Gasteiger partial charge in [-0.05, 0) is 18.4 Å². The number of amides is 2. The van der Waals surface area contributed by atoms with Gasteiger partial charge >= 0.3 is 6.03 Å². The van der Waals surface area contributed by atoms with Gasteiger partial charge in [0.1, 0.15) is 0 Å². The van der Waals surface area contributed by atoms with E-state index in [9.17, 15) is 4.79 Å². The molecule has 0 spiro atoms. The number of carbonyl (C=O) groups excluding carboxylic acids is 1. The van der Waals surface area contributed by atoms with Crippen LogP contribution in [0.4, 0.5) is 4.79 Å². The standard InChI is InChI=1S/C11H24N2OS.ClH/c1-2-3-4-5-6-7-8-9-10-15-13-11(12)14;/h2-10H2,1H3,(H3,12,13,14);1H/p-1. The monoisotopic (exact) mass is 267 g/mol. The molecule has 0 heterocycles. The van der Waals surface area contributed by atoms with Crippen LogP contribution in [0.3, 0.4) is 0 Å². The van der Waals surface area contributed by atoms with Gasteiger partial charge in [0.25, 0.3) is 0 Å². The van der Waals surface area contributed by atoms with Crippen molar-refractivity contribution >= 4 is 18.0 Å². The molecule has 5 heteroatoms. The van der Waals surface area contributed by atoms with Gasteiger partial charge in [-0.2, -0.15) is 0 Å². The van der Waals surface area contributed by atoms with Crippen LogP contribution in [0.25, 0.3) is 0 Å². The summed E-state index contributed by atoms with van der Waals surface area (Å²) in [4.78, 5) is 10.3. The molecule has 0 aromatic heterocycles. The highest BCUT2D eigenvalue weighted by molar-refractivity contribution is 7.97. The van der Waals surface area contributed by atoms with Crippen LogP contribution in [0.5, 0.6) is 0 Å². The summed E-state index contributed by atoms with van der Waals surface area (Å²) in [6, 6.07) is -0.445. The molecule has 0 rings (SSSR count). The lowest BCUT2D eigenvalue weighted by atomic mass is 10.1. The first-order valence-corrected chi connectivity index (χ1v) is 6.93. The maximum atomic E-state index is 10.3. The quantitative estimate of drug-likeness (QED) is 0.446. The topological polar surface area (TPSA) is 55.1 Å². The van der Waals surface area contributed by atoms with E-state index in [0.29, 0.717) is 0 Å². The first kappa shape index (κ1) is 18.3. The molecule has 0 atom stereocenters. The molecule has 0 aromatic rings. The lowest BCUT2D eigenvalue weighted by molar-refractivity contribution is -0.00000683. The van der Waals surface area contributed by atoms with E-state index in [1.54, 1.807) is 0 Å². The Hall–Kier alpha value is -0.0900. The SMILES string of the molecule is CCCCCCCCCCSNC(N)=O.[Cl-]. The second kappa shape index (κ2) is 14.9. The molecule has 0 radical (unpaired) electrons. The predicted octanol–water partition coefficient (Wildman–Crippen LogP) is 0.448. The predicted molar refractivity (Wildman–Crippen MR) is 67.8 cm³/mol. The van der Waals surface area contributed by atoms with Gasteiger partial charge in [0.05, 0.1) is 0 Å². The third-order valence-corrected chi connectivity index (χ3v) is 3.11. The number of halogens is 1. The normalized spacial score (nSPS) is 9.56. The lowest BCUT2D eigenvalue weighted by Crippen LogP contribution is -3.00. The Morgan fingerprint density at radius 1 is 1.06 bits per heavy atom. The molecule has 0 aliphatic carbocycles. The van der Waals surface area contributed by atoms with Gasteiger partial charge in [0, 0.05) is 5.75 Å². The van der Waals surface area contributed by atoms with Gasteiger partial charge in [-0.15, -0.1) is 0 Å². The van der Waals surface area contributed by atoms with Crippen LogP contribution < -0.4 is 22.9 Å². The smallest absolute Gasteiger partial charge is 0.322 e. The van der Waals surface area contributed by atoms with Crippen LogP contribution in [0.2, 0.25) is 0 Å². The highest BCUT2D eigenvalue weighted by Gasteiger charge is 1.93. The number of carbonyl (C=O) groups is 1. The number of unbranched alkanes of at least 4 members (excludes halogenated alkanes) is 7. The molecule has 0 aliphatic rings. The van der Waals surface area contributed by atoms with Crippen molar-refractivity contribution < 1.29 is 17.2 Å². The minimum Gasteiger partial charge on any atom is -1.00 e. The number of primary amides is 1. The van der Waals surface area contributed by atoms with Crippen LogP contribution >= 0.6 is 11.9 Å². The largest absolute Gasteiger partial charge is 1.00 e. The summed E-state index contributed by atoms with van der Waals surface area (Å²) in [7, 11) is 0. The number of nitrogens with one attached hydrogen (secondary N) is 1. The first-order valence-electron chi connectivity index (χ1n) is 5.94. The van der Waals surface area contributed by atoms with Crippen molar-refractivity contribution in [2.24, 2.45) is 5.73 Å². The van der Waals surface area contributed by atoms with Gasteiger partial charge in [-0.3, -0.25) is 4.72 Å². The summed E-state index contributed by atoms with van der Waals surface area (Å²) in [6.07, 6.45) is 10.6. The number of hydrogen-bond acceptors (Lipinski definition) is 2. The fraction of sp³-hybridized carbons (Fsp3) is 0.909. The summed E-state index contributed by atoms with van der Waals surface area (Å²) in [5.41, 5.74) is 4.93. The minimum absolute atomic E-state index is 0. The first-order chi connectivity index (χ1) is 7.27. The van der Waals surface area contributed by atoms with E-state index in [1.807, 2.05) is 0 Å². The average Bonchev–Trinajstić information content (AvgIpc) is 2.20. The molecule has 0 saturated carbocycles. The molecule has 0 unspecified atom stereocenters. The molecule has 3 nitrogen and oxygen atoms in total. The Morgan fingerprint density at radius 2 is 1.56 bits per heavy atom. The van der Waals surface area contributed by atoms with Crippen molar-refractivity contribution in [3.05, 3.63) is 0 Å². The summed E-state index contributed by atoms with van der Waals surface area (Å²) >= 11 is 1.41. The lowest BCUT2D eigenvalue weighted by Gasteiger charge is -2.02. The van der Waals surface area contributed by atoms with Crippen LogP contribution in [0.15, 0.2) is 0 Å². The van der Waals surface area contributed by atoms with Gasteiger partial charge in [0.2, 0.25) is 0 Å².